The fourth-order valence-corrected chi connectivity index (χ4v) is 10.3. The van der Waals surface area contributed by atoms with Crippen LogP contribution in [0.15, 0.2) is 143 Å². The maximum atomic E-state index is 15.1. The van der Waals surface area contributed by atoms with Gasteiger partial charge < -0.3 is 15.3 Å². The quantitative estimate of drug-likeness (QED) is 0.141. The molecule has 1 radical (unpaired) electrons. The van der Waals surface area contributed by atoms with E-state index in [1.807, 2.05) is 0 Å². The van der Waals surface area contributed by atoms with E-state index in [0.29, 0.717) is 22.7 Å². The number of allylic oxidation sites excluding steroid dienone is 5. The molecule has 0 fully saturated rings. The topological polar surface area (TPSA) is 73.4 Å². The third kappa shape index (κ3) is 11.3. The molecule has 8 bridgehead atoms. The van der Waals surface area contributed by atoms with E-state index in [1.165, 1.54) is 33.4 Å². The Morgan fingerprint density at radius 1 is 0.440 bits per heavy atom. The number of aromatic amines is 1. The van der Waals surface area contributed by atoms with Crippen LogP contribution in [0.3, 0.4) is 0 Å². The van der Waals surface area contributed by atoms with Crippen LogP contribution in [0.5, 0.6) is 0 Å². The predicted octanol–water partition coefficient (Wildman–Crippen LogP) is 15.8. The number of nitrogens with one attached hydrogen (secondary N) is 1. The van der Waals surface area contributed by atoms with Crippen molar-refractivity contribution in [2.75, 3.05) is 0 Å². The summed E-state index contributed by atoms with van der Waals surface area (Å²) in [6.07, 6.45) is 5.90. The summed E-state index contributed by atoms with van der Waals surface area (Å²) in [6.45, 7) is 41.0. The van der Waals surface area contributed by atoms with E-state index < -0.39 is 0 Å². The molecule has 4 aromatic carbocycles. The first kappa shape index (κ1) is 55.8. The minimum absolute atomic E-state index is 0. The molecule has 5 heterocycles. The normalized spacial score (nSPS) is 15.6. The van der Waals surface area contributed by atoms with Crippen molar-refractivity contribution < 1.29 is 21.9 Å². The molecular formula is C68H75CuIN4O. The molecule has 0 unspecified atom stereocenters. The van der Waals surface area contributed by atoms with E-state index in [-0.39, 0.29) is 55.3 Å². The molecular weight excluding hydrogens is 1080 g/mol. The van der Waals surface area contributed by atoms with Gasteiger partial charge in [-0.15, -0.1) is 17.1 Å². The number of H-pyrrole nitrogens is 1. The zero-order valence-corrected chi connectivity index (χ0v) is 50.6. The van der Waals surface area contributed by atoms with Crippen molar-refractivity contribution in [2.45, 2.75) is 157 Å². The molecule has 6 aromatic rings. The average Bonchev–Trinajstić information content (AvgIpc) is 4.13. The summed E-state index contributed by atoms with van der Waals surface area (Å²) < 4.78 is 1.10. The van der Waals surface area contributed by atoms with Crippen molar-refractivity contribution in [3.63, 3.8) is 0 Å². The molecule has 7 heteroatoms. The summed E-state index contributed by atoms with van der Waals surface area (Å²) in [5.74, 6) is -0.158. The average molecular weight is 1150 g/mol. The minimum Gasteiger partial charge on any atom is -0.657 e. The van der Waals surface area contributed by atoms with Gasteiger partial charge in [0.2, 0.25) is 0 Å². The van der Waals surface area contributed by atoms with Crippen molar-refractivity contribution >= 4 is 56.4 Å². The van der Waals surface area contributed by atoms with Gasteiger partial charge in [0.25, 0.3) is 0 Å². The van der Waals surface area contributed by atoms with Crippen molar-refractivity contribution in [1.29, 1.82) is 0 Å². The van der Waals surface area contributed by atoms with Gasteiger partial charge in [0.1, 0.15) is 0 Å². The van der Waals surface area contributed by atoms with Crippen LogP contribution < -0.4 is 15.7 Å². The fraction of sp³-hybridized carbons (Fsp3) is 0.353. The van der Waals surface area contributed by atoms with E-state index in [1.54, 1.807) is 6.08 Å². The Balaban J connectivity index is 0.00000747. The van der Waals surface area contributed by atoms with Gasteiger partial charge >= 0.3 is 17.1 Å². The van der Waals surface area contributed by atoms with E-state index in [2.05, 4.69) is 267 Å². The van der Waals surface area contributed by atoms with Crippen molar-refractivity contribution in [3.05, 3.63) is 225 Å². The number of benzene rings is 4. The first-order valence-corrected chi connectivity index (χ1v) is 27.4. The van der Waals surface area contributed by atoms with Crippen LogP contribution in [0.2, 0.25) is 0 Å². The molecule has 0 saturated heterocycles. The van der Waals surface area contributed by atoms with Crippen LogP contribution in [0.25, 0.3) is 27.6 Å². The first-order chi connectivity index (χ1) is 34.2. The molecule has 0 aliphatic carbocycles. The molecule has 0 spiro atoms. The van der Waals surface area contributed by atoms with Crippen LogP contribution in [0.1, 0.15) is 192 Å². The van der Waals surface area contributed by atoms with Gasteiger partial charge in [-0.2, -0.15) is 0 Å². The summed E-state index contributed by atoms with van der Waals surface area (Å²) in [7, 11) is 0. The molecule has 391 valence electrons. The number of ketones is 1. The number of rotatable bonds is 4. The number of carbonyl (C=O) groups excluding carboxylic acids is 1. The maximum absolute atomic E-state index is 15.1. The SMILES string of the molecule is CC(C)(C)c1cc(C2=C3C=CC(=N3)C(c3ccc(I)cc3)=C3[N-]C(=CC3=O)C(c3cc(C(C)(C)C)cc(C(C)(C)C)c3)=c3ccc([nH]3)=C(c3cc(C(C)(C)C)cc(C(C)(C)C)c3)c3ccc2[n-]3)cc(C(C)(C)C)c1.[Cu+2]. The van der Waals surface area contributed by atoms with Crippen LogP contribution in [-0.2, 0) is 54.4 Å². The Morgan fingerprint density at radius 3 is 1.25 bits per heavy atom. The first-order valence-electron chi connectivity index (χ1n) is 26.3. The largest absolute Gasteiger partial charge is 2.00 e. The number of nitrogens with zero attached hydrogens (tertiary/aromatic N) is 3. The minimum atomic E-state index is -0.158. The second kappa shape index (κ2) is 19.5. The van der Waals surface area contributed by atoms with Gasteiger partial charge in [0, 0.05) is 14.3 Å². The van der Waals surface area contributed by atoms with E-state index in [9.17, 15) is 0 Å². The van der Waals surface area contributed by atoms with Gasteiger partial charge in [-0.3, -0.25) is 4.79 Å². The predicted molar refractivity (Wildman–Crippen MR) is 321 cm³/mol. The molecule has 3 aliphatic rings. The Bertz CT molecular complexity index is 3480. The van der Waals surface area contributed by atoms with E-state index in [0.717, 1.165) is 70.3 Å². The van der Waals surface area contributed by atoms with Gasteiger partial charge in [-0.25, -0.2) is 4.99 Å². The summed E-state index contributed by atoms with van der Waals surface area (Å²) in [5.41, 5.74) is 18.2. The summed E-state index contributed by atoms with van der Waals surface area (Å²) in [5, 5.41) is 7.26. The summed E-state index contributed by atoms with van der Waals surface area (Å²) in [6, 6.07) is 38.1. The number of halogens is 1. The zero-order chi connectivity index (χ0) is 53.8. The van der Waals surface area contributed by atoms with Crippen molar-refractivity contribution in [2.24, 2.45) is 4.99 Å². The molecule has 3 aliphatic heterocycles. The van der Waals surface area contributed by atoms with Crippen molar-refractivity contribution in [1.82, 2.24) is 9.97 Å². The Labute approximate surface area is 472 Å². The van der Waals surface area contributed by atoms with E-state index >= 15 is 4.79 Å². The smallest absolute Gasteiger partial charge is 0.657 e. The van der Waals surface area contributed by atoms with Crippen molar-refractivity contribution in [3.8, 4) is 0 Å². The van der Waals surface area contributed by atoms with Crippen LogP contribution in [-0.4, -0.2) is 16.5 Å². The number of aliphatic imine (C=N–C) groups is 1. The second-order valence-electron chi connectivity index (χ2n) is 27.0. The second-order valence-corrected chi connectivity index (χ2v) is 28.2. The number of hydrogen-bond acceptors (Lipinski definition) is 2. The Hall–Kier alpha value is -5.47. The Kier molecular flexibility index (Phi) is 14.5. The number of hydrogen-bond donors (Lipinski definition) is 1. The Morgan fingerprint density at radius 2 is 0.827 bits per heavy atom. The summed E-state index contributed by atoms with van der Waals surface area (Å²) >= 11 is 2.34. The van der Waals surface area contributed by atoms with Gasteiger partial charge in [0.05, 0.1) is 11.4 Å². The van der Waals surface area contributed by atoms with Crippen LogP contribution in [0, 0.1) is 3.57 Å². The fourth-order valence-electron chi connectivity index (χ4n) is 9.92. The van der Waals surface area contributed by atoms with Gasteiger partial charge in [-0.05, 0) is 176 Å². The molecule has 1 N–H and O–H groups in total. The number of aromatic nitrogens is 2. The molecule has 0 atom stereocenters. The zero-order valence-electron chi connectivity index (χ0n) is 47.5. The van der Waals surface area contributed by atoms with E-state index in [4.69, 9.17) is 15.3 Å². The monoisotopic (exact) mass is 1150 g/mol. The van der Waals surface area contributed by atoms with Gasteiger partial charge in [-0.1, -0.05) is 209 Å². The van der Waals surface area contributed by atoms with Crippen LogP contribution in [0.4, 0.5) is 0 Å². The standard InChI is InChI=1S/C68H76IN4O.Cu/c1-63(2,3)43-29-40(30-44(35-43)64(4,5)6)58-50-23-24-51(70-50)59(41-31-45(65(7,8)9)36-46(32-41)66(10,11)12)53-27-28-55(72-53)61(39-19-21-49(69)22-20-39)62-57(74)38-56(73-62)60(54-26-25-52(58)71-54)42-33-47(67(13,14)15)37-48(34-42)68(16,17)18;/h19-38H,1-18H3,(H2-,70,71,72,73,74);/q-1;+2/p-1. The number of carbonyl (C=O) groups is 1. The molecule has 0 saturated carbocycles. The van der Waals surface area contributed by atoms with Gasteiger partial charge in [0.15, 0.2) is 5.78 Å². The number of fused-ring (bicyclic) bond motifs is 7. The summed E-state index contributed by atoms with van der Waals surface area (Å²) in [4.78, 5) is 30.4. The van der Waals surface area contributed by atoms with Crippen LogP contribution >= 0.6 is 22.6 Å². The molecule has 9 rings (SSSR count). The third-order valence-corrected chi connectivity index (χ3v) is 15.5. The molecule has 5 nitrogen and oxygen atoms in total. The molecule has 2 aromatic heterocycles. The molecule has 0 amide bonds. The molecule has 75 heavy (non-hydrogen) atoms. The third-order valence-electron chi connectivity index (χ3n) is 14.7. The maximum Gasteiger partial charge on any atom is 2.00 e.